The molecule has 0 aromatic carbocycles. The number of rotatable bonds is 3. The maximum atomic E-state index is 3.70. The Morgan fingerprint density at radius 3 is 2.75 bits per heavy atom. The lowest BCUT2D eigenvalue weighted by Crippen LogP contribution is -1.45. The molecule has 0 aliphatic rings. The van der Waals surface area contributed by atoms with E-state index in [1.54, 1.807) is 17.6 Å². The summed E-state index contributed by atoms with van der Waals surface area (Å²) in [5, 5.41) is 1.63. The second kappa shape index (κ2) is 6.28. The van der Waals surface area contributed by atoms with Gasteiger partial charge >= 0.3 is 0 Å². The van der Waals surface area contributed by atoms with E-state index in [4.69, 9.17) is 0 Å². The number of nitrogens with zero attached hydrogens (tertiary/aromatic N) is 1. The highest BCUT2D eigenvalue weighted by molar-refractivity contribution is 8.00. The van der Waals surface area contributed by atoms with E-state index in [0.29, 0.717) is 0 Å². The Balaban J connectivity index is 3.46. The first-order valence-corrected chi connectivity index (χ1v) is 2.92. The van der Waals surface area contributed by atoms with Gasteiger partial charge in [0.2, 0.25) is 0 Å². The highest BCUT2D eigenvalue weighted by Gasteiger charge is 1.59. The molecule has 0 aliphatic heterocycles. The van der Waals surface area contributed by atoms with E-state index in [-0.39, 0.29) is 0 Å². The number of hydrogen-bond acceptors (Lipinski definition) is 2. The van der Waals surface area contributed by atoms with Crippen LogP contribution in [0.4, 0.5) is 0 Å². The molecule has 1 nitrogen and oxygen atoms in total. The summed E-state index contributed by atoms with van der Waals surface area (Å²) in [6.45, 7) is 6.89. The maximum absolute atomic E-state index is 3.70. The van der Waals surface area contributed by atoms with E-state index in [1.165, 1.54) is 11.9 Å². The van der Waals surface area contributed by atoms with Crippen molar-refractivity contribution in [2.75, 3.05) is 0 Å². The van der Waals surface area contributed by atoms with Gasteiger partial charge in [0.25, 0.3) is 0 Å². The van der Waals surface area contributed by atoms with Crippen LogP contribution in [0.2, 0.25) is 0 Å². The lowest BCUT2D eigenvalue weighted by atomic mass is 10.6. The second-order valence-corrected chi connectivity index (χ2v) is 1.62. The molecule has 0 fully saturated rings. The molecule has 8 heavy (non-hydrogen) atoms. The Labute approximate surface area is 53.6 Å². The molecule has 0 amide bonds. The Hall–Kier alpha value is -0.720. The third-order valence-electron chi connectivity index (χ3n) is 0.372. The van der Waals surface area contributed by atoms with Crippen molar-refractivity contribution in [2.24, 2.45) is 4.40 Å². The van der Waals surface area contributed by atoms with Gasteiger partial charge < -0.3 is 0 Å². The fourth-order valence-electron chi connectivity index (χ4n) is 0.151. The van der Waals surface area contributed by atoms with Crippen molar-refractivity contribution in [3.8, 4) is 0 Å². The zero-order valence-electron chi connectivity index (χ0n) is 4.50. The monoisotopic (exact) mass is 125 g/mol. The largest absolute Gasteiger partial charge is 0.169 e. The Morgan fingerprint density at radius 1 is 1.50 bits per heavy atom. The van der Waals surface area contributed by atoms with E-state index in [1.807, 2.05) is 0 Å². The van der Waals surface area contributed by atoms with Crippen molar-refractivity contribution in [1.29, 1.82) is 0 Å². The molecule has 0 heterocycles. The third-order valence-corrected chi connectivity index (χ3v) is 0.732. The fourth-order valence-corrected chi connectivity index (χ4v) is 0.347. The van der Waals surface area contributed by atoms with E-state index < -0.39 is 0 Å². The van der Waals surface area contributed by atoms with Crippen LogP contribution >= 0.6 is 11.9 Å². The average Bonchev–Trinajstić information content (AvgIpc) is 1.81. The summed E-state index contributed by atoms with van der Waals surface area (Å²) in [4.78, 5) is 0. The minimum Gasteiger partial charge on any atom is -0.169 e. The topological polar surface area (TPSA) is 12.4 Å². The summed E-state index contributed by atoms with van der Waals surface area (Å²) < 4.78 is 3.70. The average molecular weight is 125 g/mol. The summed E-state index contributed by atoms with van der Waals surface area (Å²) in [5.74, 6) is 2.61. The number of allylic oxidation sites excluding steroid dienone is 2. The first-order chi connectivity index (χ1) is 3.91. The Morgan fingerprint density at radius 2 is 2.25 bits per heavy atom. The van der Waals surface area contributed by atoms with Gasteiger partial charge in [0.15, 0.2) is 0 Å². The first kappa shape index (κ1) is 7.28. The lowest BCUT2D eigenvalue weighted by molar-refractivity contribution is 2.00. The van der Waals surface area contributed by atoms with Crippen molar-refractivity contribution in [2.45, 2.75) is 0 Å². The normalized spacial score (nSPS) is 6.50. The third kappa shape index (κ3) is 5.28. The van der Waals surface area contributed by atoms with Crippen molar-refractivity contribution >= 4 is 17.8 Å². The molecule has 0 radical (unpaired) electrons. The van der Waals surface area contributed by atoms with Crippen LogP contribution in [0, 0.1) is 0 Å². The summed E-state index contributed by atoms with van der Waals surface area (Å²) >= 11 is 1.25. The highest BCUT2D eigenvalue weighted by atomic mass is 32.2. The molecule has 0 saturated carbocycles. The van der Waals surface area contributed by atoms with Crippen LogP contribution in [0.25, 0.3) is 0 Å². The first-order valence-electron chi connectivity index (χ1n) is 2.08. The van der Waals surface area contributed by atoms with Gasteiger partial charge in [-0.3, -0.25) is 0 Å². The van der Waals surface area contributed by atoms with Crippen LogP contribution in [-0.4, -0.2) is 5.87 Å². The summed E-state index contributed by atoms with van der Waals surface area (Å²) in [7, 11) is 0. The predicted molar refractivity (Wildman–Crippen MR) is 40.0 cm³/mol. The van der Waals surface area contributed by atoms with Crippen LogP contribution in [0.3, 0.4) is 0 Å². The Kier molecular flexibility index (Phi) is 5.71. The van der Waals surface area contributed by atoms with E-state index in [2.05, 4.69) is 23.4 Å². The molecule has 0 unspecified atom stereocenters. The van der Waals surface area contributed by atoms with Gasteiger partial charge in [-0.15, -0.1) is 0 Å². The zero-order valence-corrected chi connectivity index (χ0v) is 5.32. The van der Waals surface area contributed by atoms with Crippen molar-refractivity contribution in [3.63, 3.8) is 0 Å². The van der Waals surface area contributed by atoms with Crippen LogP contribution in [0.5, 0.6) is 0 Å². The zero-order chi connectivity index (χ0) is 6.24. The lowest BCUT2D eigenvalue weighted by Gasteiger charge is -1.67. The fraction of sp³-hybridized carbons (Fsp3) is 0. The van der Waals surface area contributed by atoms with Gasteiger partial charge in [0.1, 0.15) is 0 Å². The molecule has 0 aromatic heterocycles. The molecule has 0 bridgehead atoms. The molecule has 0 aromatic rings. The molecule has 0 saturated heterocycles. The van der Waals surface area contributed by atoms with Crippen molar-refractivity contribution in [1.82, 2.24) is 0 Å². The van der Waals surface area contributed by atoms with E-state index in [9.17, 15) is 0 Å². The molecular formula is C6H7NS. The van der Waals surface area contributed by atoms with Gasteiger partial charge in [-0.25, -0.2) is 0 Å². The maximum Gasteiger partial charge on any atom is 0.0121 e. The van der Waals surface area contributed by atoms with E-state index in [0.717, 1.165) is 0 Å². The van der Waals surface area contributed by atoms with Gasteiger partial charge in [0, 0.05) is 11.9 Å². The van der Waals surface area contributed by atoms with Gasteiger partial charge in [0.05, 0.1) is 0 Å². The SMILES string of the molecule is C=CC=C=NSC=C. The van der Waals surface area contributed by atoms with Crippen LogP contribution in [-0.2, 0) is 0 Å². The molecule has 0 rings (SSSR count). The molecule has 0 aliphatic carbocycles. The highest BCUT2D eigenvalue weighted by Crippen LogP contribution is 1.97. The Bertz CT molecular complexity index is 131. The van der Waals surface area contributed by atoms with Crippen LogP contribution in [0.1, 0.15) is 0 Å². The molecule has 0 atom stereocenters. The van der Waals surface area contributed by atoms with Crippen LogP contribution < -0.4 is 0 Å². The van der Waals surface area contributed by atoms with E-state index >= 15 is 0 Å². The minimum absolute atomic E-state index is 1.25. The quantitative estimate of drug-likeness (QED) is 0.320. The minimum atomic E-state index is 1.25. The number of hydrogen-bond donors (Lipinski definition) is 0. The molecule has 2 heteroatoms. The molecule has 42 valence electrons. The summed E-state index contributed by atoms with van der Waals surface area (Å²) in [6.07, 6.45) is 3.25. The van der Waals surface area contributed by atoms with Gasteiger partial charge in [-0.2, -0.15) is 4.40 Å². The standard InChI is InChI=1S/C6H7NS/c1-3-5-6-7-8-4-2/h3-5H,1-2H2. The smallest absolute Gasteiger partial charge is 0.0121 e. The molecule has 0 spiro atoms. The van der Waals surface area contributed by atoms with Crippen molar-refractivity contribution < 1.29 is 0 Å². The van der Waals surface area contributed by atoms with Gasteiger partial charge in [-0.05, 0) is 17.4 Å². The molecular weight excluding hydrogens is 118 g/mol. The summed E-state index contributed by atoms with van der Waals surface area (Å²) in [5.41, 5.74) is 0. The van der Waals surface area contributed by atoms with Crippen LogP contribution in [0.15, 0.2) is 35.1 Å². The van der Waals surface area contributed by atoms with Gasteiger partial charge in [-0.1, -0.05) is 19.2 Å². The predicted octanol–water partition coefficient (Wildman–Crippen LogP) is 2.19. The van der Waals surface area contributed by atoms with Crippen molar-refractivity contribution in [3.05, 3.63) is 30.7 Å². The second-order valence-electron chi connectivity index (χ2n) is 0.895. The molecule has 0 N–H and O–H groups in total. The summed E-state index contributed by atoms with van der Waals surface area (Å²) in [6, 6.07) is 0.